The molecule has 2 atom stereocenters. The van der Waals surface area contributed by atoms with Gasteiger partial charge in [-0.1, -0.05) is 0 Å². The maximum absolute atomic E-state index is 5.96. The van der Waals surface area contributed by atoms with Gasteiger partial charge >= 0.3 is 0 Å². The Morgan fingerprint density at radius 3 is 2.35 bits per heavy atom. The first-order valence-electron chi connectivity index (χ1n) is 5.37. The molecule has 0 saturated carbocycles. The first-order chi connectivity index (χ1) is 8.17. The molecule has 0 aromatic carbocycles. The molecule has 0 aliphatic carbocycles. The van der Waals surface area contributed by atoms with Crippen molar-refractivity contribution >= 4 is 27.3 Å². The lowest BCUT2D eigenvalue weighted by Gasteiger charge is -2.21. The summed E-state index contributed by atoms with van der Waals surface area (Å²) in [7, 11) is 3.40. The Labute approximate surface area is 109 Å². The van der Waals surface area contributed by atoms with Crippen LogP contribution in [0.5, 0.6) is 0 Å². The molecule has 2 N–H and O–H groups in total. The average molecular weight is 302 g/mol. The van der Waals surface area contributed by atoms with Gasteiger partial charge in [0.25, 0.3) is 0 Å². The van der Waals surface area contributed by atoms with E-state index in [4.69, 9.17) is 15.2 Å². The van der Waals surface area contributed by atoms with E-state index in [0.29, 0.717) is 5.69 Å². The lowest BCUT2D eigenvalue weighted by Crippen LogP contribution is -2.27. The fourth-order valence-electron chi connectivity index (χ4n) is 2.16. The number of aromatic nitrogens is 1. The number of hydrogen-bond acceptors (Lipinski definition) is 5. The highest BCUT2D eigenvalue weighted by Gasteiger charge is 2.34. The van der Waals surface area contributed by atoms with E-state index in [1.54, 1.807) is 26.6 Å². The van der Waals surface area contributed by atoms with Crippen molar-refractivity contribution in [2.45, 2.75) is 12.2 Å². The summed E-state index contributed by atoms with van der Waals surface area (Å²) in [4.78, 5) is 6.19. The third kappa shape index (κ3) is 2.38. The molecule has 2 heterocycles. The number of rotatable bonds is 3. The zero-order valence-electron chi connectivity index (χ0n) is 9.89. The molecule has 1 aliphatic rings. The van der Waals surface area contributed by atoms with E-state index in [-0.39, 0.29) is 12.2 Å². The molecule has 1 aromatic heterocycles. The van der Waals surface area contributed by atoms with Crippen LogP contribution in [0.2, 0.25) is 0 Å². The van der Waals surface area contributed by atoms with E-state index in [1.807, 2.05) is 0 Å². The van der Waals surface area contributed by atoms with Crippen molar-refractivity contribution in [1.82, 2.24) is 4.98 Å². The van der Waals surface area contributed by atoms with Crippen LogP contribution in [0.1, 0.15) is 0 Å². The van der Waals surface area contributed by atoms with Crippen LogP contribution in [-0.4, -0.2) is 44.5 Å². The van der Waals surface area contributed by atoms with Gasteiger partial charge in [0.2, 0.25) is 0 Å². The van der Waals surface area contributed by atoms with Gasteiger partial charge in [0, 0.05) is 33.5 Å². The van der Waals surface area contributed by atoms with E-state index in [0.717, 1.165) is 23.2 Å². The van der Waals surface area contributed by atoms with Crippen LogP contribution in [-0.2, 0) is 9.47 Å². The third-order valence-corrected chi connectivity index (χ3v) is 3.62. The molecule has 6 heteroatoms. The molecule has 1 aromatic rings. The minimum absolute atomic E-state index is 0.0689. The summed E-state index contributed by atoms with van der Waals surface area (Å²) < 4.78 is 11.7. The Morgan fingerprint density at radius 1 is 1.29 bits per heavy atom. The van der Waals surface area contributed by atoms with Gasteiger partial charge in [-0.3, -0.25) is 4.98 Å². The molecule has 0 radical (unpaired) electrons. The van der Waals surface area contributed by atoms with Crippen molar-refractivity contribution in [3.63, 3.8) is 0 Å². The van der Waals surface area contributed by atoms with Crippen LogP contribution < -0.4 is 10.6 Å². The Bertz CT molecular complexity index is 370. The van der Waals surface area contributed by atoms with Crippen molar-refractivity contribution in [2.75, 3.05) is 37.9 Å². The van der Waals surface area contributed by atoms with Crippen LogP contribution in [0.3, 0.4) is 0 Å². The van der Waals surface area contributed by atoms with Crippen molar-refractivity contribution in [3.8, 4) is 0 Å². The second-order valence-corrected chi connectivity index (χ2v) is 4.87. The van der Waals surface area contributed by atoms with Crippen LogP contribution in [0, 0.1) is 0 Å². The zero-order valence-corrected chi connectivity index (χ0v) is 11.5. The number of nitrogens with zero attached hydrogens (tertiary/aromatic N) is 2. The summed E-state index contributed by atoms with van der Waals surface area (Å²) in [5.41, 5.74) is 7.58. The topological polar surface area (TPSA) is 60.6 Å². The first kappa shape index (κ1) is 12.6. The lowest BCUT2D eigenvalue weighted by atomic mass is 10.3. The highest BCUT2D eigenvalue weighted by atomic mass is 79.9. The highest BCUT2D eigenvalue weighted by molar-refractivity contribution is 9.10. The average Bonchev–Trinajstić information content (AvgIpc) is 2.72. The van der Waals surface area contributed by atoms with Crippen LogP contribution >= 0.6 is 15.9 Å². The number of nitrogens with two attached hydrogens (primary N) is 1. The fraction of sp³-hybridized carbons (Fsp3) is 0.545. The molecule has 0 spiro atoms. The minimum Gasteiger partial charge on any atom is -0.396 e. The second kappa shape index (κ2) is 5.20. The molecule has 1 fully saturated rings. The highest BCUT2D eigenvalue weighted by Crippen LogP contribution is 2.34. The van der Waals surface area contributed by atoms with Gasteiger partial charge in [0.15, 0.2) is 0 Å². The van der Waals surface area contributed by atoms with Crippen LogP contribution in [0.4, 0.5) is 11.4 Å². The number of ether oxygens (including phenoxy) is 2. The Kier molecular flexibility index (Phi) is 3.86. The van der Waals surface area contributed by atoms with Gasteiger partial charge < -0.3 is 20.1 Å². The third-order valence-electron chi connectivity index (χ3n) is 3.04. The molecule has 2 unspecified atom stereocenters. The van der Waals surface area contributed by atoms with Crippen molar-refractivity contribution < 1.29 is 9.47 Å². The maximum Gasteiger partial charge on any atom is 0.102 e. The first-order valence-corrected chi connectivity index (χ1v) is 6.16. The summed E-state index contributed by atoms with van der Waals surface area (Å²) >= 11 is 3.48. The van der Waals surface area contributed by atoms with Crippen LogP contribution in [0.25, 0.3) is 0 Å². The molecule has 0 amide bonds. The van der Waals surface area contributed by atoms with Crippen LogP contribution in [0.15, 0.2) is 16.9 Å². The van der Waals surface area contributed by atoms with Gasteiger partial charge in [-0.15, -0.1) is 0 Å². The number of halogens is 1. The molecule has 1 saturated heterocycles. The van der Waals surface area contributed by atoms with E-state index < -0.39 is 0 Å². The summed E-state index contributed by atoms with van der Waals surface area (Å²) in [6.45, 7) is 1.53. The number of nitrogen functional groups attached to an aromatic ring is 1. The molecule has 0 bridgehead atoms. The van der Waals surface area contributed by atoms with Crippen molar-refractivity contribution in [1.29, 1.82) is 0 Å². The molecular formula is C11H16BrN3O2. The molecule has 94 valence electrons. The predicted molar refractivity (Wildman–Crippen MR) is 70.2 cm³/mol. The molecule has 17 heavy (non-hydrogen) atoms. The number of methoxy groups -OCH3 is 2. The summed E-state index contributed by atoms with van der Waals surface area (Å²) in [5, 5.41) is 0. The molecular weight excluding hydrogens is 286 g/mol. The van der Waals surface area contributed by atoms with Gasteiger partial charge in [-0.05, 0) is 15.9 Å². The number of hydrogen-bond donors (Lipinski definition) is 1. The fourth-order valence-corrected chi connectivity index (χ4v) is 2.75. The maximum atomic E-state index is 5.96. The van der Waals surface area contributed by atoms with E-state index in [9.17, 15) is 0 Å². The van der Waals surface area contributed by atoms with Gasteiger partial charge in [0.1, 0.15) is 12.2 Å². The molecule has 1 aliphatic heterocycles. The van der Waals surface area contributed by atoms with Gasteiger partial charge in [-0.2, -0.15) is 0 Å². The smallest absolute Gasteiger partial charge is 0.102 e. The Balaban J connectivity index is 2.25. The quantitative estimate of drug-likeness (QED) is 0.911. The Hall–Kier alpha value is -0.850. The second-order valence-electron chi connectivity index (χ2n) is 4.01. The normalized spacial score (nSPS) is 24.3. The van der Waals surface area contributed by atoms with E-state index in [1.165, 1.54) is 0 Å². The summed E-state index contributed by atoms with van der Waals surface area (Å²) in [6, 6.07) is 0. The number of pyridine rings is 1. The number of anilines is 2. The molecule has 2 rings (SSSR count). The van der Waals surface area contributed by atoms with Gasteiger partial charge in [-0.25, -0.2) is 0 Å². The minimum atomic E-state index is 0.0689. The standard InChI is InChI=1S/C11H16BrN3O2/c1-16-9-5-15(6-10(9)17-2)11-7(12)3-14-4-8(11)13/h3-4,9-10H,5-6,13H2,1-2H3. The van der Waals surface area contributed by atoms with Crippen molar-refractivity contribution in [2.24, 2.45) is 0 Å². The monoisotopic (exact) mass is 301 g/mol. The largest absolute Gasteiger partial charge is 0.396 e. The van der Waals surface area contributed by atoms with E-state index in [2.05, 4.69) is 25.8 Å². The predicted octanol–water partition coefficient (Wildman–Crippen LogP) is 1.28. The Morgan fingerprint density at radius 2 is 1.88 bits per heavy atom. The SMILES string of the molecule is COC1CN(c2c(N)cncc2Br)CC1OC. The summed E-state index contributed by atoms with van der Waals surface area (Å²) in [5.74, 6) is 0. The van der Waals surface area contributed by atoms with Crippen molar-refractivity contribution in [3.05, 3.63) is 16.9 Å². The van der Waals surface area contributed by atoms with Gasteiger partial charge in [0.05, 0.1) is 22.0 Å². The lowest BCUT2D eigenvalue weighted by molar-refractivity contribution is -0.00461. The molecule has 5 nitrogen and oxygen atoms in total. The zero-order chi connectivity index (χ0) is 12.4. The van der Waals surface area contributed by atoms with E-state index >= 15 is 0 Å². The summed E-state index contributed by atoms with van der Waals surface area (Å²) in [6.07, 6.45) is 3.54.